The van der Waals surface area contributed by atoms with E-state index in [2.05, 4.69) is 29.1 Å². The summed E-state index contributed by atoms with van der Waals surface area (Å²) in [6.45, 7) is 6.24. The lowest BCUT2D eigenvalue weighted by atomic mass is 10.0. The first kappa shape index (κ1) is 22.4. The molecule has 0 radical (unpaired) electrons. The number of aromatic amines is 1. The first-order chi connectivity index (χ1) is 15.3. The van der Waals surface area contributed by atoms with Crippen molar-refractivity contribution in [3.8, 4) is 5.69 Å². The summed E-state index contributed by atoms with van der Waals surface area (Å²) in [6.07, 6.45) is 0. The van der Waals surface area contributed by atoms with Gasteiger partial charge in [0.05, 0.1) is 11.4 Å². The molecule has 0 spiro atoms. The van der Waals surface area contributed by atoms with Crippen LogP contribution in [-0.2, 0) is 4.79 Å². The lowest BCUT2D eigenvalue weighted by Crippen LogP contribution is -2.15. The Labute approximate surface area is 198 Å². The van der Waals surface area contributed by atoms with Gasteiger partial charge in [-0.2, -0.15) is 0 Å². The third-order valence-corrected chi connectivity index (χ3v) is 7.21. The number of thiazole rings is 1. The van der Waals surface area contributed by atoms with Crippen molar-refractivity contribution in [3.05, 3.63) is 74.0 Å². The van der Waals surface area contributed by atoms with Crippen molar-refractivity contribution in [2.45, 2.75) is 31.8 Å². The smallest absolute Gasteiger partial charge is 0.271 e. The van der Waals surface area contributed by atoms with Crippen LogP contribution >= 0.6 is 35.3 Å². The summed E-state index contributed by atoms with van der Waals surface area (Å²) in [5.41, 5.74) is 4.12. The van der Waals surface area contributed by atoms with Gasteiger partial charge in [0, 0.05) is 5.69 Å². The number of aryl methyl sites for hydroxylation is 1. The third-order valence-electron chi connectivity index (χ3n) is 4.98. The monoisotopic (exact) mass is 482 g/mol. The molecule has 0 aliphatic carbocycles. The molecule has 2 N–H and O–H groups in total. The van der Waals surface area contributed by atoms with E-state index < -0.39 is 0 Å². The number of anilines is 1. The third kappa shape index (κ3) is 4.69. The number of nitrogens with zero attached hydrogens (tertiary/aromatic N) is 2. The molecule has 0 fully saturated rings. The van der Waals surface area contributed by atoms with Gasteiger partial charge in [0.25, 0.3) is 5.56 Å². The van der Waals surface area contributed by atoms with Gasteiger partial charge in [0.1, 0.15) is 4.70 Å². The normalized spacial score (nSPS) is 11.2. The Balaban J connectivity index is 1.55. The second-order valence-corrected chi connectivity index (χ2v) is 10.2. The maximum atomic E-state index is 12.6. The van der Waals surface area contributed by atoms with Crippen LogP contribution in [0, 0.1) is 10.9 Å². The average molecular weight is 483 g/mol. The summed E-state index contributed by atoms with van der Waals surface area (Å²) < 4.78 is 2.84. The van der Waals surface area contributed by atoms with Gasteiger partial charge >= 0.3 is 0 Å². The highest BCUT2D eigenvalue weighted by Gasteiger charge is 2.15. The zero-order chi connectivity index (χ0) is 22.8. The zero-order valence-corrected chi connectivity index (χ0v) is 20.3. The minimum absolute atomic E-state index is 0.121. The minimum Gasteiger partial charge on any atom is -0.325 e. The second kappa shape index (κ2) is 9.40. The number of benzene rings is 2. The van der Waals surface area contributed by atoms with Crippen LogP contribution in [0.4, 0.5) is 5.69 Å². The number of carbonyl (C=O) groups is 1. The van der Waals surface area contributed by atoms with Gasteiger partial charge in [-0.05, 0) is 54.4 Å². The van der Waals surface area contributed by atoms with Gasteiger partial charge in [-0.25, -0.2) is 4.98 Å². The fourth-order valence-corrected chi connectivity index (χ4v) is 5.18. The quantitative estimate of drug-likeness (QED) is 0.210. The van der Waals surface area contributed by atoms with Crippen molar-refractivity contribution < 1.29 is 4.79 Å². The molecule has 9 heteroatoms. The molecule has 0 saturated heterocycles. The van der Waals surface area contributed by atoms with Gasteiger partial charge in [0.2, 0.25) is 5.91 Å². The second-order valence-electron chi connectivity index (χ2n) is 7.63. The fraction of sp³-hybridized carbons (Fsp3) is 0.217. The molecular weight excluding hydrogens is 460 g/mol. The lowest BCUT2D eigenvalue weighted by Gasteiger charge is -2.09. The lowest BCUT2D eigenvalue weighted by molar-refractivity contribution is -0.113. The van der Waals surface area contributed by atoms with E-state index in [1.54, 1.807) is 0 Å². The SMILES string of the molecule is Cc1ccccc1-n1c(=S)sc2c(=O)[nH]c(SCC(=O)Nc3ccc(C(C)C)cc3)nc21. The average Bonchev–Trinajstić information content (AvgIpc) is 3.09. The van der Waals surface area contributed by atoms with E-state index in [1.807, 2.05) is 60.0 Å². The van der Waals surface area contributed by atoms with Crippen LogP contribution in [0.2, 0.25) is 0 Å². The number of thioether (sulfide) groups is 1. The molecule has 0 saturated carbocycles. The number of carbonyl (C=O) groups excluding carboxylic acids is 1. The van der Waals surface area contributed by atoms with E-state index in [0.29, 0.717) is 25.4 Å². The molecule has 2 aromatic heterocycles. The van der Waals surface area contributed by atoms with E-state index in [0.717, 1.165) is 16.9 Å². The summed E-state index contributed by atoms with van der Waals surface area (Å²) >= 11 is 7.93. The number of rotatable bonds is 6. The molecule has 0 atom stereocenters. The van der Waals surface area contributed by atoms with Gasteiger partial charge < -0.3 is 10.3 Å². The zero-order valence-electron chi connectivity index (χ0n) is 17.8. The Kier molecular flexibility index (Phi) is 6.59. The Hall–Kier alpha value is -2.75. The maximum absolute atomic E-state index is 12.6. The van der Waals surface area contributed by atoms with Crippen molar-refractivity contribution in [2.24, 2.45) is 0 Å². The van der Waals surface area contributed by atoms with Crippen LogP contribution < -0.4 is 10.9 Å². The number of para-hydroxylation sites is 1. The number of nitrogens with one attached hydrogen (secondary N) is 2. The Bertz CT molecular complexity index is 1400. The van der Waals surface area contributed by atoms with Crippen molar-refractivity contribution in [3.63, 3.8) is 0 Å². The number of hydrogen-bond acceptors (Lipinski definition) is 6. The van der Waals surface area contributed by atoms with E-state index in [-0.39, 0.29) is 17.2 Å². The molecule has 0 unspecified atom stereocenters. The molecule has 2 aromatic carbocycles. The molecule has 1 amide bonds. The van der Waals surface area contributed by atoms with Crippen LogP contribution in [0.25, 0.3) is 16.0 Å². The fourth-order valence-electron chi connectivity index (χ4n) is 3.27. The Morgan fingerprint density at radius 1 is 1.22 bits per heavy atom. The number of fused-ring (bicyclic) bond motifs is 1. The molecule has 164 valence electrons. The molecule has 0 aliphatic rings. The maximum Gasteiger partial charge on any atom is 0.271 e. The van der Waals surface area contributed by atoms with Gasteiger partial charge in [0.15, 0.2) is 14.8 Å². The first-order valence-electron chi connectivity index (χ1n) is 10.1. The highest BCUT2D eigenvalue weighted by molar-refractivity contribution is 7.99. The van der Waals surface area contributed by atoms with E-state index >= 15 is 0 Å². The van der Waals surface area contributed by atoms with Crippen molar-refractivity contribution in [2.75, 3.05) is 11.1 Å². The topological polar surface area (TPSA) is 79.8 Å². The molecular formula is C23H22N4O2S3. The predicted molar refractivity (Wildman–Crippen MR) is 135 cm³/mol. The highest BCUT2D eigenvalue weighted by Crippen LogP contribution is 2.26. The summed E-state index contributed by atoms with van der Waals surface area (Å²) in [5, 5.41) is 3.26. The van der Waals surface area contributed by atoms with Crippen molar-refractivity contribution in [1.29, 1.82) is 0 Å². The molecule has 6 nitrogen and oxygen atoms in total. The number of hydrogen-bond donors (Lipinski definition) is 2. The molecule has 4 aromatic rings. The molecule has 0 aliphatic heterocycles. The minimum atomic E-state index is -0.259. The van der Waals surface area contributed by atoms with Crippen LogP contribution in [-0.4, -0.2) is 26.2 Å². The van der Waals surface area contributed by atoms with Crippen LogP contribution in [0.1, 0.15) is 30.9 Å². The summed E-state index contributed by atoms with van der Waals surface area (Å²) in [5.74, 6) is 0.384. The summed E-state index contributed by atoms with van der Waals surface area (Å²) in [4.78, 5) is 32.4. The van der Waals surface area contributed by atoms with Gasteiger partial charge in [-0.1, -0.05) is 67.3 Å². The highest BCUT2D eigenvalue weighted by atomic mass is 32.2. The standard InChI is InChI=1S/C23H22N4O2S3/c1-13(2)15-8-10-16(11-9-15)24-18(28)12-31-22-25-20-19(21(29)26-22)32-23(30)27(20)17-7-5-4-6-14(17)3/h4-11,13H,12H2,1-3H3,(H,24,28)(H,25,26,29). The number of amides is 1. The first-order valence-corrected chi connectivity index (χ1v) is 12.3. The largest absolute Gasteiger partial charge is 0.325 e. The Morgan fingerprint density at radius 2 is 1.94 bits per heavy atom. The van der Waals surface area contributed by atoms with E-state index in [9.17, 15) is 9.59 Å². The predicted octanol–water partition coefficient (Wildman–Crippen LogP) is 5.67. The van der Waals surface area contributed by atoms with Gasteiger partial charge in [-0.3, -0.25) is 14.2 Å². The van der Waals surface area contributed by atoms with Gasteiger partial charge in [-0.15, -0.1) is 0 Å². The van der Waals surface area contributed by atoms with Crippen molar-refractivity contribution >= 4 is 57.3 Å². The summed E-state index contributed by atoms with van der Waals surface area (Å²) in [6, 6.07) is 15.6. The summed E-state index contributed by atoms with van der Waals surface area (Å²) in [7, 11) is 0. The molecule has 2 heterocycles. The van der Waals surface area contributed by atoms with Crippen molar-refractivity contribution in [1.82, 2.24) is 14.5 Å². The van der Waals surface area contributed by atoms with E-state index in [1.165, 1.54) is 28.7 Å². The van der Waals surface area contributed by atoms with E-state index in [4.69, 9.17) is 12.2 Å². The molecule has 0 bridgehead atoms. The Morgan fingerprint density at radius 3 is 2.62 bits per heavy atom. The number of aromatic nitrogens is 3. The van der Waals surface area contributed by atoms with Crippen LogP contribution in [0.15, 0.2) is 58.5 Å². The van der Waals surface area contributed by atoms with Crippen LogP contribution in [0.3, 0.4) is 0 Å². The molecule has 32 heavy (non-hydrogen) atoms. The number of H-pyrrole nitrogens is 1. The van der Waals surface area contributed by atoms with Crippen LogP contribution in [0.5, 0.6) is 0 Å². The molecule has 4 rings (SSSR count).